The first-order valence-corrected chi connectivity index (χ1v) is 6.39. The van der Waals surface area contributed by atoms with Gasteiger partial charge in [0.2, 0.25) is 5.91 Å². The molecular formula is C14H19N3O2. The third-order valence-electron chi connectivity index (χ3n) is 3.40. The normalized spacial score (nSPS) is 15.6. The predicted molar refractivity (Wildman–Crippen MR) is 73.5 cm³/mol. The van der Waals surface area contributed by atoms with Crippen molar-refractivity contribution in [1.82, 2.24) is 10.6 Å². The van der Waals surface area contributed by atoms with Crippen LogP contribution in [0.1, 0.15) is 30.1 Å². The Hall–Kier alpha value is -2.04. The molecule has 5 nitrogen and oxygen atoms in total. The van der Waals surface area contributed by atoms with Gasteiger partial charge in [-0.1, -0.05) is 6.92 Å². The minimum atomic E-state index is -0.271. The topological polar surface area (TPSA) is 84.2 Å². The van der Waals surface area contributed by atoms with Crippen LogP contribution in [0.2, 0.25) is 0 Å². The Bertz CT molecular complexity index is 478. The second-order valence-corrected chi connectivity index (χ2v) is 5.39. The number of hydrogen-bond acceptors (Lipinski definition) is 3. The number of amides is 2. The minimum absolute atomic E-state index is 0.000705. The lowest BCUT2D eigenvalue weighted by molar-refractivity contribution is -0.120. The van der Waals surface area contributed by atoms with Crippen molar-refractivity contribution in [2.45, 2.75) is 19.8 Å². The number of nitrogens with one attached hydrogen (secondary N) is 2. The van der Waals surface area contributed by atoms with Crippen molar-refractivity contribution in [3.8, 4) is 0 Å². The Morgan fingerprint density at radius 2 is 1.84 bits per heavy atom. The fraction of sp³-hybridized carbons (Fsp3) is 0.429. The van der Waals surface area contributed by atoms with E-state index in [1.807, 2.05) is 0 Å². The highest BCUT2D eigenvalue weighted by molar-refractivity contribution is 5.96. The number of carbonyl (C=O) groups excluding carboxylic acids is 2. The van der Waals surface area contributed by atoms with Crippen LogP contribution in [0.25, 0.3) is 0 Å². The molecule has 2 rings (SSSR count). The molecule has 0 unspecified atom stereocenters. The van der Waals surface area contributed by atoms with Crippen LogP contribution in [0.15, 0.2) is 24.3 Å². The maximum absolute atomic E-state index is 11.7. The van der Waals surface area contributed by atoms with E-state index in [4.69, 9.17) is 5.73 Å². The van der Waals surface area contributed by atoms with Crippen molar-refractivity contribution in [3.05, 3.63) is 29.8 Å². The fourth-order valence-electron chi connectivity index (χ4n) is 1.66. The van der Waals surface area contributed by atoms with E-state index >= 15 is 0 Å². The molecular weight excluding hydrogens is 242 g/mol. The molecule has 1 saturated carbocycles. The molecule has 1 aliphatic carbocycles. The van der Waals surface area contributed by atoms with Gasteiger partial charge in [0.25, 0.3) is 5.91 Å². The third-order valence-corrected chi connectivity index (χ3v) is 3.40. The van der Waals surface area contributed by atoms with E-state index in [0.29, 0.717) is 17.8 Å². The number of anilines is 1. The molecule has 1 fully saturated rings. The Morgan fingerprint density at radius 3 is 2.42 bits per heavy atom. The lowest BCUT2D eigenvalue weighted by Crippen LogP contribution is -2.38. The van der Waals surface area contributed by atoms with Gasteiger partial charge in [-0.25, -0.2) is 0 Å². The summed E-state index contributed by atoms with van der Waals surface area (Å²) in [6.45, 7) is 2.82. The number of nitrogens with two attached hydrogens (primary N) is 1. The molecule has 19 heavy (non-hydrogen) atoms. The molecule has 2 amide bonds. The maximum atomic E-state index is 11.7. The molecule has 0 spiro atoms. The largest absolute Gasteiger partial charge is 0.399 e. The second-order valence-electron chi connectivity index (χ2n) is 5.39. The Kier molecular flexibility index (Phi) is 3.74. The zero-order valence-electron chi connectivity index (χ0n) is 11.0. The zero-order valence-corrected chi connectivity index (χ0v) is 11.0. The monoisotopic (exact) mass is 261 g/mol. The van der Waals surface area contributed by atoms with E-state index < -0.39 is 0 Å². The first kappa shape index (κ1) is 13.4. The van der Waals surface area contributed by atoms with Crippen molar-refractivity contribution in [3.63, 3.8) is 0 Å². The van der Waals surface area contributed by atoms with Gasteiger partial charge in [0.15, 0.2) is 0 Å². The lowest BCUT2D eigenvalue weighted by Gasteiger charge is -2.10. The molecule has 4 N–H and O–H groups in total. The maximum Gasteiger partial charge on any atom is 0.251 e. The zero-order chi connectivity index (χ0) is 13.9. The molecule has 1 aliphatic rings. The molecule has 0 radical (unpaired) electrons. The van der Waals surface area contributed by atoms with E-state index in [1.165, 1.54) is 0 Å². The summed E-state index contributed by atoms with van der Waals surface area (Å²) >= 11 is 0. The molecule has 0 aromatic heterocycles. The summed E-state index contributed by atoms with van der Waals surface area (Å²) in [6.07, 6.45) is 2.32. The smallest absolute Gasteiger partial charge is 0.251 e. The van der Waals surface area contributed by atoms with Gasteiger partial charge in [-0.15, -0.1) is 0 Å². The van der Waals surface area contributed by atoms with Crippen molar-refractivity contribution >= 4 is 17.5 Å². The van der Waals surface area contributed by atoms with Crippen molar-refractivity contribution in [2.24, 2.45) is 5.41 Å². The van der Waals surface area contributed by atoms with Crippen LogP contribution in [0.4, 0.5) is 5.69 Å². The van der Waals surface area contributed by atoms with Gasteiger partial charge in [-0.05, 0) is 42.5 Å². The predicted octanol–water partition coefficient (Wildman–Crippen LogP) is 0.915. The number of nitrogen functional groups attached to an aromatic ring is 1. The van der Waals surface area contributed by atoms with Crippen LogP contribution in [0.3, 0.4) is 0 Å². The summed E-state index contributed by atoms with van der Waals surface area (Å²) in [5.74, 6) is -0.426. The van der Waals surface area contributed by atoms with E-state index in [-0.39, 0.29) is 23.8 Å². The quantitative estimate of drug-likeness (QED) is 0.689. The number of carbonyl (C=O) groups is 2. The van der Waals surface area contributed by atoms with Crippen LogP contribution in [-0.4, -0.2) is 24.9 Å². The SMILES string of the molecule is CC1(CNC(=O)CNC(=O)c2ccc(N)cc2)CC1. The lowest BCUT2D eigenvalue weighted by atomic mass is 10.1. The summed E-state index contributed by atoms with van der Waals surface area (Å²) in [6, 6.07) is 6.58. The minimum Gasteiger partial charge on any atom is -0.399 e. The Morgan fingerprint density at radius 1 is 1.21 bits per heavy atom. The fourth-order valence-corrected chi connectivity index (χ4v) is 1.66. The summed E-state index contributed by atoms with van der Waals surface area (Å²) in [5.41, 5.74) is 6.91. The first-order chi connectivity index (χ1) is 8.98. The van der Waals surface area contributed by atoms with Gasteiger partial charge >= 0.3 is 0 Å². The van der Waals surface area contributed by atoms with E-state index in [1.54, 1.807) is 24.3 Å². The van der Waals surface area contributed by atoms with E-state index in [2.05, 4.69) is 17.6 Å². The van der Waals surface area contributed by atoms with Gasteiger partial charge < -0.3 is 16.4 Å². The number of hydrogen-bond donors (Lipinski definition) is 3. The molecule has 0 aliphatic heterocycles. The Balaban J connectivity index is 1.73. The number of benzene rings is 1. The van der Waals surface area contributed by atoms with Crippen LogP contribution < -0.4 is 16.4 Å². The summed E-state index contributed by atoms with van der Waals surface area (Å²) in [5, 5.41) is 5.41. The highest BCUT2D eigenvalue weighted by Crippen LogP contribution is 2.43. The molecule has 1 aromatic rings. The van der Waals surface area contributed by atoms with Crippen LogP contribution in [-0.2, 0) is 4.79 Å². The summed E-state index contributed by atoms with van der Waals surface area (Å²) in [4.78, 5) is 23.3. The molecule has 0 atom stereocenters. The van der Waals surface area contributed by atoms with Crippen LogP contribution in [0, 0.1) is 5.41 Å². The average Bonchev–Trinajstić information content (AvgIpc) is 3.13. The van der Waals surface area contributed by atoms with E-state index in [0.717, 1.165) is 12.8 Å². The van der Waals surface area contributed by atoms with Crippen molar-refractivity contribution < 1.29 is 9.59 Å². The first-order valence-electron chi connectivity index (χ1n) is 6.39. The van der Waals surface area contributed by atoms with Crippen LogP contribution >= 0.6 is 0 Å². The van der Waals surface area contributed by atoms with E-state index in [9.17, 15) is 9.59 Å². The van der Waals surface area contributed by atoms with Gasteiger partial charge in [-0.3, -0.25) is 9.59 Å². The Labute approximate surface area is 112 Å². The second kappa shape index (κ2) is 5.30. The van der Waals surface area contributed by atoms with Gasteiger partial charge in [-0.2, -0.15) is 0 Å². The molecule has 0 bridgehead atoms. The third kappa shape index (κ3) is 3.98. The standard InChI is InChI=1S/C14H19N3O2/c1-14(6-7-14)9-17-12(18)8-16-13(19)10-2-4-11(15)5-3-10/h2-5H,6-9,15H2,1H3,(H,16,19)(H,17,18). The van der Waals surface area contributed by atoms with Gasteiger partial charge in [0.05, 0.1) is 6.54 Å². The van der Waals surface area contributed by atoms with Gasteiger partial charge in [0.1, 0.15) is 0 Å². The highest BCUT2D eigenvalue weighted by atomic mass is 16.2. The number of rotatable bonds is 5. The van der Waals surface area contributed by atoms with Crippen molar-refractivity contribution in [1.29, 1.82) is 0 Å². The van der Waals surface area contributed by atoms with Gasteiger partial charge in [0, 0.05) is 17.8 Å². The van der Waals surface area contributed by atoms with Crippen LogP contribution in [0.5, 0.6) is 0 Å². The summed E-state index contributed by atoms with van der Waals surface area (Å²) in [7, 11) is 0. The summed E-state index contributed by atoms with van der Waals surface area (Å²) < 4.78 is 0. The molecule has 0 saturated heterocycles. The molecule has 0 heterocycles. The molecule has 1 aromatic carbocycles. The molecule has 102 valence electrons. The average molecular weight is 261 g/mol. The van der Waals surface area contributed by atoms with Crippen molar-refractivity contribution in [2.75, 3.05) is 18.8 Å². The highest BCUT2D eigenvalue weighted by Gasteiger charge is 2.37. The molecule has 5 heteroatoms.